The van der Waals surface area contributed by atoms with Gasteiger partial charge < -0.3 is 10.6 Å². The van der Waals surface area contributed by atoms with Crippen LogP contribution in [0.4, 0.5) is 0 Å². The molecule has 0 unspecified atom stereocenters. The molecule has 1 heterocycles. The third kappa shape index (κ3) is 4.19. The van der Waals surface area contributed by atoms with Crippen molar-refractivity contribution in [2.45, 2.75) is 26.2 Å². The number of nitrogens with two attached hydrogens (primary N) is 1. The highest BCUT2D eigenvalue weighted by atomic mass is 16.2. The summed E-state index contributed by atoms with van der Waals surface area (Å²) in [6.07, 6.45) is 10.5. The molecule has 2 N–H and O–H groups in total. The quantitative estimate of drug-likeness (QED) is 0.581. The SMILES string of the molecule is CC=CC=CC(=O)N1CCC(CCN)CC1. The second kappa shape index (κ2) is 7.23. The Hall–Kier alpha value is -1.09. The van der Waals surface area contributed by atoms with Crippen molar-refractivity contribution in [2.75, 3.05) is 19.6 Å². The highest BCUT2D eigenvalue weighted by Gasteiger charge is 2.20. The van der Waals surface area contributed by atoms with Crippen LogP contribution in [0.1, 0.15) is 26.2 Å². The van der Waals surface area contributed by atoms with Gasteiger partial charge in [-0.25, -0.2) is 0 Å². The summed E-state index contributed by atoms with van der Waals surface area (Å²) in [6.45, 7) is 4.46. The second-order valence-corrected chi connectivity index (χ2v) is 4.23. The molecule has 0 aromatic heterocycles. The van der Waals surface area contributed by atoms with Crippen LogP contribution >= 0.6 is 0 Å². The van der Waals surface area contributed by atoms with Gasteiger partial charge in [0, 0.05) is 19.2 Å². The summed E-state index contributed by atoms with van der Waals surface area (Å²) in [6, 6.07) is 0. The number of hydrogen-bond donors (Lipinski definition) is 1. The van der Waals surface area contributed by atoms with Crippen LogP contribution in [0.5, 0.6) is 0 Å². The molecule has 0 aromatic carbocycles. The van der Waals surface area contributed by atoms with Gasteiger partial charge in [0.15, 0.2) is 0 Å². The summed E-state index contributed by atoms with van der Waals surface area (Å²) in [5, 5.41) is 0. The highest BCUT2D eigenvalue weighted by molar-refractivity contribution is 5.87. The molecule has 1 amide bonds. The molecule has 16 heavy (non-hydrogen) atoms. The number of hydrogen-bond acceptors (Lipinski definition) is 2. The van der Waals surface area contributed by atoms with E-state index in [0.717, 1.165) is 38.9 Å². The Kier molecular flexibility index (Phi) is 5.86. The van der Waals surface area contributed by atoms with Crippen LogP contribution in [-0.2, 0) is 4.79 Å². The van der Waals surface area contributed by atoms with Crippen molar-refractivity contribution in [1.29, 1.82) is 0 Å². The minimum atomic E-state index is 0.129. The average molecular weight is 222 g/mol. The lowest BCUT2D eigenvalue weighted by atomic mass is 9.93. The standard InChI is InChI=1S/C13H22N2O/c1-2-3-4-5-13(16)15-10-7-12(6-9-14)8-11-15/h2-5,12H,6-11,14H2,1H3. The third-order valence-corrected chi connectivity index (χ3v) is 3.04. The number of piperidine rings is 1. The fraction of sp³-hybridized carbons (Fsp3) is 0.615. The first-order valence-corrected chi connectivity index (χ1v) is 6.06. The number of likely N-dealkylation sites (tertiary alicyclic amines) is 1. The molecule has 3 nitrogen and oxygen atoms in total. The van der Waals surface area contributed by atoms with E-state index >= 15 is 0 Å². The van der Waals surface area contributed by atoms with E-state index in [-0.39, 0.29) is 5.91 Å². The van der Waals surface area contributed by atoms with Gasteiger partial charge in [-0.2, -0.15) is 0 Å². The molecule has 90 valence electrons. The van der Waals surface area contributed by atoms with Crippen molar-refractivity contribution < 1.29 is 4.79 Å². The van der Waals surface area contributed by atoms with E-state index in [9.17, 15) is 4.79 Å². The van der Waals surface area contributed by atoms with Gasteiger partial charge in [-0.3, -0.25) is 4.79 Å². The summed E-state index contributed by atoms with van der Waals surface area (Å²) in [5.41, 5.74) is 5.54. The van der Waals surface area contributed by atoms with Gasteiger partial charge in [-0.1, -0.05) is 18.2 Å². The Morgan fingerprint density at radius 1 is 1.38 bits per heavy atom. The van der Waals surface area contributed by atoms with E-state index in [1.165, 1.54) is 0 Å². The van der Waals surface area contributed by atoms with Gasteiger partial charge in [-0.05, 0) is 38.6 Å². The summed E-state index contributed by atoms with van der Waals surface area (Å²) in [4.78, 5) is 13.6. The molecule has 1 aliphatic rings. The van der Waals surface area contributed by atoms with Crippen molar-refractivity contribution in [3.05, 3.63) is 24.3 Å². The van der Waals surface area contributed by atoms with Crippen LogP contribution in [0, 0.1) is 5.92 Å². The van der Waals surface area contributed by atoms with E-state index in [2.05, 4.69) is 0 Å². The Balaban J connectivity index is 2.33. The molecule has 0 bridgehead atoms. The third-order valence-electron chi connectivity index (χ3n) is 3.04. The largest absolute Gasteiger partial charge is 0.339 e. The van der Waals surface area contributed by atoms with E-state index < -0.39 is 0 Å². The normalized spacial score (nSPS) is 18.8. The van der Waals surface area contributed by atoms with E-state index in [0.29, 0.717) is 5.92 Å². The lowest BCUT2D eigenvalue weighted by Gasteiger charge is -2.31. The molecule has 1 rings (SSSR count). The average Bonchev–Trinajstić information content (AvgIpc) is 2.30. The zero-order valence-corrected chi connectivity index (χ0v) is 10.1. The van der Waals surface area contributed by atoms with Crippen molar-refractivity contribution in [2.24, 2.45) is 11.7 Å². The maximum absolute atomic E-state index is 11.7. The molecule has 0 saturated carbocycles. The summed E-state index contributed by atoms with van der Waals surface area (Å²) in [7, 11) is 0. The number of carbonyl (C=O) groups is 1. The van der Waals surface area contributed by atoms with E-state index in [4.69, 9.17) is 5.73 Å². The number of nitrogens with zero attached hydrogens (tertiary/aromatic N) is 1. The van der Waals surface area contributed by atoms with Crippen molar-refractivity contribution >= 4 is 5.91 Å². The van der Waals surface area contributed by atoms with Crippen LogP contribution < -0.4 is 5.73 Å². The number of carbonyl (C=O) groups excluding carboxylic acids is 1. The predicted octanol–water partition coefficient (Wildman–Crippen LogP) is 1.71. The summed E-state index contributed by atoms with van der Waals surface area (Å²) < 4.78 is 0. The van der Waals surface area contributed by atoms with Gasteiger partial charge >= 0.3 is 0 Å². The Morgan fingerprint density at radius 2 is 2.06 bits per heavy atom. The van der Waals surface area contributed by atoms with Crippen LogP contribution in [0.2, 0.25) is 0 Å². The van der Waals surface area contributed by atoms with Gasteiger partial charge in [0.2, 0.25) is 5.91 Å². The fourth-order valence-corrected chi connectivity index (χ4v) is 2.03. The van der Waals surface area contributed by atoms with Gasteiger partial charge in [0.05, 0.1) is 0 Å². The molecule has 1 saturated heterocycles. The molecule has 0 atom stereocenters. The first-order valence-electron chi connectivity index (χ1n) is 6.06. The first-order chi connectivity index (χ1) is 7.77. The van der Waals surface area contributed by atoms with Gasteiger partial charge in [-0.15, -0.1) is 0 Å². The number of rotatable bonds is 4. The molecule has 3 heteroatoms. The van der Waals surface area contributed by atoms with Crippen molar-refractivity contribution in [3.8, 4) is 0 Å². The Bertz CT molecular complexity index is 263. The minimum absolute atomic E-state index is 0.129. The number of amides is 1. The minimum Gasteiger partial charge on any atom is -0.339 e. The maximum Gasteiger partial charge on any atom is 0.246 e. The van der Waals surface area contributed by atoms with Crippen LogP contribution in [0.25, 0.3) is 0 Å². The topological polar surface area (TPSA) is 46.3 Å². The molecule has 0 radical (unpaired) electrons. The predicted molar refractivity (Wildman–Crippen MR) is 66.9 cm³/mol. The lowest BCUT2D eigenvalue weighted by molar-refractivity contribution is -0.127. The van der Waals surface area contributed by atoms with Crippen molar-refractivity contribution in [3.63, 3.8) is 0 Å². The smallest absolute Gasteiger partial charge is 0.246 e. The summed E-state index contributed by atoms with van der Waals surface area (Å²) >= 11 is 0. The molecular formula is C13H22N2O. The molecule has 0 aliphatic carbocycles. The molecular weight excluding hydrogens is 200 g/mol. The van der Waals surface area contributed by atoms with Gasteiger partial charge in [0.25, 0.3) is 0 Å². The molecule has 0 aromatic rings. The van der Waals surface area contributed by atoms with E-state index in [1.54, 1.807) is 12.2 Å². The second-order valence-electron chi connectivity index (χ2n) is 4.23. The first kappa shape index (κ1) is 13.0. The molecule has 0 spiro atoms. The van der Waals surface area contributed by atoms with Crippen LogP contribution in [-0.4, -0.2) is 30.4 Å². The summed E-state index contributed by atoms with van der Waals surface area (Å²) in [5.74, 6) is 0.845. The monoisotopic (exact) mass is 222 g/mol. The molecule has 1 fully saturated rings. The van der Waals surface area contributed by atoms with Gasteiger partial charge in [0.1, 0.15) is 0 Å². The fourth-order valence-electron chi connectivity index (χ4n) is 2.03. The number of allylic oxidation sites excluding steroid dienone is 3. The molecule has 1 aliphatic heterocycles. The maximum atomic E-state index is 11.7. The lowest BCUT2D eigenvalue weighted by Crippen LogP contribution is -2.37. The van der Waals surface area contributed by atoms with Crippen molar-refractivity contribution in [1.82, 2.24) is 4.90 Å². The van der Waals surface area contributed by atoms with E-state index in [1.807, 2.05) is 24.0 Å². The highest BCUT2D eigenvalue weighted by Crippen LogP contribution is 2.19. The zero-order chi connectivity index (χ0) is 11.8. The Labute approximate surface area is 98.0 Å². The van der Waals surface area contributed by atoms with Crippen LogP contribution in [0.3, 0.4) is 0 Å². The Morgan fingerprint density at radius 3 is 2.62 bits per heavy atom. The zero-order valence-electron chi connectivity index (χ0n) is 10.1. The van der Waals surface area contributed by atoms with Crippen LogP contribution in [0.15, 0.2) is 24.3 Å².